The summed E-state index contributed by atoms with van der Waals surface area (Å²) in [4.78, 5) is 2.67. The Balaban J connectivity index is 1.67. The summed E-state index contributed by atoms with van der Waals surface area (Å²) in [7, 11) is 0. The summed E-state index contributed by atoms with van der Waals surface area (Å²) in [5, 5.41) is 10.8. The number of hydrogen-bond donors (Lipinski definition) is 1. The Bertz CT molecular complexity index is 597. The first-order valence-electron chi connectivity index (χ1n) is 10.4. The van der Waals surface area contributed by atoms with E-state index in [2.05, 4.69) is 56.0 Å². The number of nitrogens with zero attached hydrogens (tertiary/aromatic N) is 1. The second-order valence-corrected chi connectivity index (χ2v) is 8.10. The van der Waals surface area contributed by atoms with Gasteiger partial charge in [0.1, 0.15) is 0 Å². The van der Waals surface area contributed by atoms with Gasteiger partial charge in [-0.2, -0.15) is 0 Å². The van der Waals surface area contributed by atoms with Crippen molar-refractivity contribution in [3.8, 4) is 0 Å². The van der Waals surface area contributed by atoms with Crippen LogP contribution in [0.1, 0.15) is 64.0 Å². The Morgan fingerprint density at radius 1 is 1.19 bits per heavy atom. The normalized spacial score (nSPS) is 25.7. The zero-order valence-electron chi connectivity index (χ0n) is 16.7. The van der Waals surface area contributed by atoms with Crippen molar-refractivity contribution in [3.05, 3.63) is 41.0 Å². The van der Waals surface area contributed by atoms with Gasteiger partial charge in [0.15, 0.2) is 0 Å². The summed E-state index contributed by atoms with van der Waals surface area (Å²) in [6.45, 7) is 10.6. The van der Waals surface area contributed by atoms with E-state index in [4.69, 9.17) is 4.74 Å². The lowest BCUT2D eigenvalue weighted by molar-refractivity contribution is -0.0679. The first kappa shape index (κ1) is 19.6. The lowest BCUT2D eigenvalue weighted by atomic mass is 9.85. The van der Waals surface area contributed by atoms with Crippen molar-refractivity contribution in [1.29, 1.82) is 0 Å². The van der Waals surface area contributed by atoms with E-state index in [0.29, 0.717) is 32.0 Å². The smallest absolute Gasteiger partial charge is 0.0940 e. The molecule has 1 unspecified atom stereocenters. The topological polar surface area (TPSA) is 32.7 Å². The minimum atomic E-state index is -0.710. The molecule has 2 aliphatic heterocycles. The third kappa shape index (κ3) is 4.39. The van der Waals surface area contributed by atoms with Gasteiger partial charge in [-0.1, -0.05) is 56.7 Å². The Hall–Kier alpha value is -1.16. The van der Waals surface area contributed by atoms with Gasteiger partial charge >= 0.3 is 0 Å². The summed E-state index contributed by atoms with van der Waals surface area (Å²) in [6.07, 6.45) is 7.41. The molecule has 1 atom stereocenters. The van der Waals surface area contributed by atoms with E-state index >= 15 is 0 Å². The molecule has 0 spiro atoms. The fourth-order valence-corrected chi connectivity index (χ4v) is 4.53. The van der Waals surface area contributed by atoms with E-state index in [1.54, 1.807) is 5.57 Å². The second-order valence-electron chi connectivity index (χ2n) is 8.10. The molecule has 1 N–H and O–H groups in total. The van der Waals surface area contributed by atoms with Crippen LogP contribution in [0.3, 0.4) is 0 Å². The first-order valence-corrected chi connectivity index (χ1v) is 10.4. The van der Waals surface area contributed by atoms with Gasteiger partial charge in [-0.25, -0.2) is 0 Å². The largest absolute Gasteiger partial charge is 0.385 e. The molecule has 2 saturated heterocycles. The van der Waals surface area contributed by atoms with Crippen LogP contribution < -0.4 is 0 Å². The Morgan fingerprint density at radius 3 is 2.42 bits per heavy atom. The maximum Gasteiger partial charge on any atom is 0.0940 e. The zero-order valence-corrected chi connectivity index (χ0v) is 16.7. The van der Waals surface area contributed by atoms with Gasteiger partial charge in [0.05, 0.1) is 5.60 Å². The fraction of sp³-hybridized carbons (Fsp3) is 0.652. The molecular formula is C23H35NO2. The molecule has 0 aromatic heterocycles. The highest BCUT2D eigenvalue weighted by Gasteiger charge is 2.31. The van der Waals surface area contributed by atoms with Gasteiger partial charge in [0.2, 0.25) is 0 Å². The number of aliphatic hydroxyl groups is 1. The number of ether oxygens (including phenoxy) is 1. The van der Waals surface area contributed by atoms with E-state index in [9.17, 15) is 5.11 Å². The van der Waals surface area contributed by atoms with Crippen LogP contribution in [0, 0.1) is 5.92 Å². The SMILES string of the molecule is CCC(CC)N1CC/C(=C\c2ccc(C3(O)CCOCC3)cc2)C(C)C1. The molecule has 1 aromatic carbocycles. The number of benzene rings is 1. The summed E-state index contributed by atoms with van der Waals surface area (Å²) >= 11 is 0. The molecule has 3 rings (SSSR count). The van der Waals surface area contributed by atoms with Crippen LogP contribution in [-0.2, 0) is 10.3 Å². The van der Waals surface area contributed by atoms with Crippen molar-refractivity contribution in [2.75, 3.05) is 26.3 Å². The predicted octanol–water partition coefficient (Wildman–Crippen LogP) is 4.60. The molecule has 0 bridgehead atoms. The van der Waals surface area contributed by atoms with Gasteiger partial charge in [-0.05, 0) is 36.3 Å². The van der Waals surface area contributed by atoms with Gasteiger partial charge in [0, 0.05) is 45.2 Å². The fourth-order valence-electron chi connectivity index (χ4n) is 4.53. The van der Waals surface area contributed by atoms with Crippen LogP contribution in [0.5, 0.6) is 0 Å². The number of piperidine rings is 1. The van der Waals surface area contributed by atoms with Crippen molar-refractivity contribution >= 4 is 6.08 Å². The minimum Gasteiger partial charge on any atom is -0.385 e. The third-order valence-corrected chi connectivity index (χ3v) is 6.41. The standard InChI is InChI=1S/C23H35NO2/c1-4-22(5-2)24-13-10-20(18(3)17-24)16-19-6-8-21(9-7-19)23(25)11-14-26-15-12-23/h6-9,16,18,22,25H,4-5,10-15,17H2,1-3H3/b20-16+. The summed E-state index contributed by atoms with van der Waals surface area (Å²) in [6, 6.07) is 9.26. The highest BCUT2D eigenvalue weighted by atomic mass is 16.5. The Kier molecular flexibility index (Phi) is 6.55. The van der Waals surface area contributed by atoms with Crippen LogP contribution in [0.15, 0.2) is 29.8 Å². The van der Waals surface area contributed by atoms with E-state index in [-0.39, 0.29) is 0 Å². The Labute approximate surface area is 159 Å². The molecule has 1 aromatic rings. The van der Waals surface area contributed by atoms with Crippen LogP contribution in [0.4, 0.5) is 0 Å². The molecule has 2 fully saturated rings. The monoisotopic (exact) mass is 357 g/mol. The predicted molar refractivity (Wildman–Crippen MR) is 108 cm³/mol. The highest BCUT2D eigenvalue weighted by molar-refractivity contribution is 5.54. The highest BCUT2D eigenvalue weighted by Crippen LogP contribution is 2.33. The van der Waals surface area contributed by atoms with Crippen molar-refractivity contribution in [3.63, 3.8) is 0 Å². The number of rotatable bonds is 5. The van der Waals surface area contributed by atoms with Crippen molar-refractivity contribution < 1.29 is 9.84 Å². The molecule has 3 heteroatoms. The minimum absolute atomic E-state index is 0.615. The molecule has 0 radical (unpaired) electrons. The molecule has 3 nitrogen and oxygen atoms in total. The maximum absolute atomic E-state index is 10.8. The molecule has 0 aliphatic carbocycles. The average Bonchev–Trinajstić information content (AvgIpc) is 2.66. The van der Waals surface area contributed by atoms with Crippen LogP contribution >= 0.6 is 0 Å². The molecule has 2 aliphatic rings. The number of hydrogen-bond acceptors (Lipinski definition) is 3. The van der Waals surface area contributed by atoms with Crippen LogP contribution in [0.25, 0.3) is 6.08 Å². The second kappa shape index (κ2) is 8.69. The Morgan fingerprint density at radius 2 is 1.85 bits per heavy atom. The van der Waals surface area contributed by atoms with E-state index < -0.39 is 5.60 Å². The summed E-state index contributed by atoms with van der Waals surface area (Å²) < 4.78 is 5.39. The van der Waals surface area contributed by atoms with Crippen LogP contribution in [0.2, 0.25) is 0 Å². The molecule has 26 heavy (non-hydrogen) atoms. The van der Waals surface area contributed by atoms with E-state index in [1.165, 1.54) is 37.9 Å². The quantitative estimate of drug-likeness (QED) is 0.836. The van der Waals surface area contributed by atoms with Gasteiger partial charge in [-0.15, -0.1) is 0 Å². The van der Waals surface area contributed by atoms with E-state index in [0.717, 1.165) is 11.6 Å². The maximum atomic E-state index is 10.8. The van der Waals surface area contributed by atoms with E-state index in [1.807, 2.05) is 0 Å². The zero-order chi connectivity index (χ0) is 18.6. The number of likely N-dealkylation sites (tertiary alicyclic amines) is 1. The average molecular weight is 358 g/mol. The van der Waals surface area contributed by atoms with Crippen molar-refractivity contribution in [2.45, 2.75) is 64.5 Å². The molecule has 2 heterocycles. The van der Waals surface area contributed by atoms with Gasteiger partial charge in [-0.3, -0.25) is 4.90 Å². The van der Waals surface area contributed by atoms with Crippen molar-refractivity contribution in [2.24, 2.45) is 5.92 Å². The first-order chi connectivity index (χ1) is 12.6. The summed E-state index contributed by atoms with van der Waals surface area (Å²) in [5.41, 5.74) is 3.13. The third-order valence-electron chi connectivity index (χ3n) is 6.41. The lowest BCUT2D eigenvalue weighted by Crippen LogP contribution is -2.42. The molecule has 144 valence electrons. The van der Waals surface area contributed by atoms with Crippen LogP contribution in [-0.4, -0.2) is 42.4 Å². The summed E-state index contributed by atoms with van der Waals surface area (Å²) in [5.74, 6) is 0.615. The van der Waals surface area contributed by atoms with Gasteiger partial charge in [0.25, 0.3) is 0 Å². The van der Waals surface area contributed by atoms with Crippen molar-refractivity contribution in [1.82, 2.24) is 4.90 Å². The molecule has 0 amide bonds. The molecule has 0 saturated carbocycles. The van der Waals surface area contributed by atoms with Gasteiger partial charge < -0.3 is 9.84 Å². The molecular weight excluding hydrogens is 322 g/mol. The lowest BCUT2D eigenvalue weighted by Gasteiger charge is -2.38.